The van der Waals surface area contributed by atoms with Crippen molar-refractivity contribution in [3.05, 3.63) is 34.4 Å². The minimum Gasteiger partial charge on any atom is -0.326 e. The highest BCUT2D eigenvalue weighted by Gasteiger charge is 2.36. The van der Waals surface area contributed by atoms with E-state index in [-0.39, 0.29) is 23.9 Å². The monoisotopic (exact) mass is 322 g/mol. The molecule has 1 saturated heterocycles. The van der Waals surface area contributed by atoms with Crippen LogP contribution < -0.4 is 5.32 Å². The Morgan fingerprint density at radius 3 is 2.86 bits per heavy atom. The summed E-state index contributed by atoms with van der Waals surface area (Å²) in [5, 5.41) is 13.3. The van der Waals surface area contributed by atoms with Crippen molar-refractivity contribution < 1.29 is 14.5 Å². The molecule has 9 heteroatoms. The van der Waals surface area contributed by atoms with Crippen LogP contribution in [0.1, 0.15) is 6.42 Å². The lowest BCUT2D eigenvalue weighted by Gasteiger charge is -2.09. The van der Waals surface area contributed by atoms with E-state index in [2.05, 4.69) is 10.3 Å². The van der Waals surface area contributed by atoms with Crippen LogP contribution in [0.3, 0.4) is 0 Å². The molecule has 1 aromatic carbocycles. The van der Waals surface area contributed by atoms with E-state index in [1.165, 1.54) is 34.9 Å². The first-order valence-corrected chi connectivity index (χ1v) is 7.25. The second-order valence-electron chi connectivity index (χ2n) is 4.57. The first-order valence-electron chi connectivity index (χ1n) is 6.37. The smallest absolute Gasteiger partial charge is 0.271 e. The first-order chi connectivity index (χ1) is 10.4. The number of rotatable bonds is 4. The molecular weight excluding hydrogens is 308 g/mol. The molecule has 22 heavy (non-hydrogen) atoms. The summed E-state index contributed by atoms with van der Waals surface area (Å²) in [7, 11) is 3.19. The Balaban J connectivity index is 2.01. The quantitative estimate of drug-likeness (QED) is 0.668. The molecule has 1 aromatic rings. The Kier molecular flexibility index (Phi) is 4.76. The summed E-state index contributed by atoms with van der Waals surface area (Å²) >= 11 is 1.23. The molecule has 1 N–H and O–H groups in total. The molecule has 0 saturated carbocycles. The van der Waals surface area contributed by atoms with Gasteiger partial charge >= 0.3 is 0 Å². The normalized spacial score (nSPS) is 19.5. The predicted octanol–water partition coefficient (Wildman–Crippen LogP) is 1.48. The lowest BCUT2D eigenvalue weighted by atomic mass is 10.2. The molecule has 0 unspecified atom stereocenters. The maximum absolute atomic E-state index is 12.0. The molecule has 2 amide bonds. The summed E-state index contributed by atoms with van der Waals surface area (Å²) in [5.41, 5.74) is 0.219. The van der Waals surface area contributed by atoms with E-state index in [9.17, 15) is 19.7 Å². The number of non-ortho nitro benzene ring substituents is 1. The van der Waals surface area contributed by atoms with Crippen LogP contribution >= 0.6 is 11.8 Å². The van der Waals surface area contributed by atoms with Gasteiger partial charge < -0.3 is 5.32 Å². The molecule has 1 atom stereocenters. The lowest BCUT2D eigenvalue weighted by Crippen LogP contribution is -2.30. The van der Waals surface area contributed by atoms with Gasteiger partial charge in [-0.25, -0.2) is 0 Å². The second kappa shape index (κ2) is 6.56. The van der Waals surface area contributed by atoms with E-state index in [0.29, 0.717) is 10.9 Å². The molecular formula is C13H14N4O4S. The van der Waals surface area contributed by atoms with E-state index in [1.54, 1.807) is 20.2 Å². The number of nitrogens with one attached hydrogen (secondary N) is 1. The zero-order chi connectivity index (χ0) is 16.3. The van der Waals surface area contributed by atoms with Gasteiger partial charge in [-0.15, -0.1) is 0 Å². The number of nitro groups is 1. The zero-order valence-corrected chi connectivity index (χ0v) is 12.8. The van der Waals surface area contributed by atoms with Gasteiger partial charge in [0.25, 0.3) is 5.69 Å². The van der Waals surface area contributed by atoms with E-state index < -0.39 is 10.2 Å². The van der Waals surface area contributed by atoms with Gasteiger partial charge in [-0.1, -0.05) is 17.8 Å². The van der Waals surface area contributed by atoms with Crippen molar-refractivity contribution in [3.8, 4) is 0 Å². The number of hydrogen-bond donors (Lipinski definition) is 1. The van der Waals surface area contributed by atoms with Crippen molar-refractivity contribution in [2.24, 2.45) is 4.99 Å². The summed E-state index contributed by atoms with van der Waals surface area (Å²) in [6.45, 7) is 0. The molecule has 0 aromatic heterocycles. The summed E-state index contributed by atoms with van der Waals surface area (Å²) in [5.74, 6) is -0.558. The summed E-state index contributed by atoms with van der Waals surface area (Å²) < 4.78 is 0. The van der Waals surface area contributed by atoms with Gasteiger partial charge in [-0.2, -0.15) is 0 Å². The van der Waals surface area contributed by atoms with E-state index in [0.717, 1.165) is 0 Å². The molecule has 8 nitrogen and oxygen atoms in total. The van der Waals surface area contributed by atoms with Gasteiger partial charge in [-0.3, -0.25) is 29.6 Å². The van der Waals surface area contributed by atoms with Crippen molar-refractivity contribution in [2.75, 3.05) is 19.4 Å². The molecule has 0 bridgehead atoms. The highest BCUT2D eigenvalue weighted by molar-refractivity contribution is 8.15. The number of nitrogens with zero attached hydrogens (tertiary/aromatic N) is 3. The fraction of sp³-hybridized carbons (Fsp3) is 0.308. The number of amides is 2. The number of carbonyl (C=O) groups excluding carboxylic acids is 2. The average molecular weight is 322 g/mol. The van der Waals surface area contributed by atoms with Crippen molar-refractivity contribution in [2.45, 2.75) is 11.7 Å². The van der Waals surface area contributed by atoms with Gasteiger partial charge in [0.15, 0.2) is 5.17 Å². The lowest BCUT2D eigenvalue weighted by molar-refractivity contribution is -0.384. The second-order valence-corrected chi connectivity index (χ2v) is 5.74. The highest BCUT2D eigenvalue weighted by atomic mass is 32.2. The van der Waals surface area contributed by atoms with Crippen LogP contribution in [0.2, 0.25) is 0 Å². The van der Waals surface area contributed by atoms with Crippen LogP contribution in [0.4, 0.5) is 11.4 Å². The van der Waals surface area contributed by atoms with E-state index in [1.807, 2.05) is 0 Å². The third kappa shape index (κ3) is 3.42. The fourth-order valence-electron chi connectivity index (χ4n) is 1.98. The van der Waals surface area contributed by atoms with Crippen LogP contribution in [0.25, 0.3) is 0 Å². The van der Waals surface area contributed by atoms with Crippen LogP contribution in [0.15, 0.2) is 29.3 Å². The number of hydrogen-bond acceptors (Lipinski definition) is 6. The minimum absolute atomic E-state index is 0.0183. The molecule has 2 rings (SSSR count). The third-order valence-electron chi connectivity index (χ3n) is 3.04. The number of amidine groups is 1. The van der Waals surface area contributed by atoms with Gasteiger partial charge in [0.05, 0.1) is 4.92 Å². The fourth-order valence-corrected chi connectivity index (χ4v) is 3.08. The summed E-state index contributed by atoms with van der Waals surface area (Å²) in [4.78, 5) is 39.5. The van der Waals surface area contributed by atoms with Crippen LogP contribution in [0.5, 0.6) is 0 Å². The first kappa shape index (κ1) is 16.0. The molecule has 1 heterocycles. The number of anilines is 1. The van der Waals surface area contributed by atoms with Crippen molar-refractivity contribution in [1.29, 1.82) is 0 Å². The molecule has 116 valence electrons. The molecule has 1 aliphatic heterocycles. The Morgan fingerprint density at radius 2 is 2.27 bits per heavy atom. The topological polar surface area (TPSA) is 105 Å². The van der Waals surface area contributed by atoms with E-state index in [4.69, 9.17) is 0 Å². The zero-order valence-electron chi connectivity index (χ0n) is 12.0. The van der Waals surface area contributed by atoms with Crippen LogP contribution in [0, 0.1) is 10.1 Å². The van der Waals surface area contributed by atoms with Gasteiger partial charge in [0, 0.05) is 38.3 Å². The summed E-state index contributed by atoms with van der Waals surface area (Å²) in [6.07, 6.45) is -0.0183. The van der Waals surface area contributed by atoms with Crippen LogP contribution in [-0.2, 0) is 9.59 Å². The number of thioether (sulfide) groups is 1. The Bertz CT molecular complexity index is 661. The molecule has 0 aliphatic carbocycles. The SMILES string of the molecule is CN=C1S[C@H](CC(=O)Nc2cccc([N+](=O)[O-])c2)C(=O)N1C. The summed E-state index contributed by atoms with van der Waals surface area (Å²) in [6, 6.07) is 5.65. The van der Waals surface area contributed by atoms with Gasteiger partial charge in [0.2, 0.25) is 11.8 Å². The predicted molar refractivity (Wildman–Crippen MR) is 83.9 cm³/mol. The Labute approximate surface area is 130 Å². The van der Waals surface area contributed by atoms with E-state index >= 15 is 0 Å². The molecule has 0 radical (unpaired) electrons. The average Bonchev–Trinajstić information content (AvgIpc) is 2.75. The van der Waals surface area contributed by atoms with Gasteiger partial charge in [-0.05, 0) is 6.07 Å². The number of nitro benzene ring substituents is 1. The molecule has 1 aliphatic rings. The van der Waals surface area contributed by atoms with Crippen LogP contribution in [-0.4, -0.2) is 46.2 Å². The number of aliphatic imine (C=N–C) groups is 1. The Morgan fingerprint density at radius 1 is 1.55 bits per heavy atom. The maximum atomic E-state index is 12.0. The van der Waals surface area contributed by atoms with Crippen molar-refractivity contribution in [3.63, 3.8) is 0 Å². The highest BCUT2D eigenvalue weighted by Crippen LogP contribution is 2.28. The largest absolute Gasteiger partial charge is 0.326 e. The minimum atomic E-state index is -0.537. The Hall–Kier alpha value is -2.42. The third-order valence-corrected chi connectivity index (χ3v) is 4.36. The maximum Gasteiger partial charge on any atom is 0.271 e. The standard InChI is InChI=1S/C13H14N4O4S/c1-14-13-16(2)12(19)10(22-13)7-11(18)15-8-4-3-5-9(6-8)17(20)21/h3-6,10H,7H2,1-2H3,(H,15,18)/t10-/m1/s1. The van der Waals surface area contributed by atoms with Crippen molar-refractivity contribution >= 4 is 40.1 Å². The molecule has 0 spiro atoms. The number of benzene rings is 1. The molecule has 1 fully saturated rings. The number of carbonyl (C=O) groups is 2. The van der Waals surface area contributed by atoms with Gasteiger partial charge in [0.1, 0.15) is 5.25 Å². The van der Waals surface area contributed by atoms with Crippen molar-refractivity contribution in [1.82, 2.24) is 4.90 Å².